The molecule has 1 aliphatic rings. The van der Waals surface area contributed by atoms with E-state index >= 15 is 0 Å². The van der Waals surface area contributed by atoms with E-state index < -0.39 is 6.61 Å². The van der Waals surface area contributed by atoms with Gasteiger partial charge in [0, 0.05) is 45.8 Å². The lowest BCUT2D eigenvalue weighted by molar-refractivity contribution is -0.132. The molecule has 1 aromatic rings. The predicted octanol–water partition coefficient (Wildman–Crippen LogP) is 2.38. The van der Waals surface area contributed by atoms with E-state index in [2.05, 4.69) is 15.0 Å². The SMILES string of the molecule is CCN(CC)C(=O)CN1CCCN(C(=O)NCc2ccc(OC(F)F)c(OC)c2)CC1. The van der Waals surface area contributed by atoms with Gasteiger partial charge in [-0.3, -0.25) is 9.69 Å². The minimum absolute atomic E-state index is 0.0561. The van der Waals surface area contributed by atoms with Crippen LogP contribution in [-0.2, 0) is 11.3 Å². The van der Waals surface area contributed by atoms with Crippen molar-refractivity contribution in [2.24, 2.45) is 0 Å². The van der Waals surface area contributed by atoms with Gasteiger partial charge in [0.25, 0.3) is 0 Å². The van der Waals surface area contributed by atoms with E-state index in [1.165, 1.54) is 13.2 Å². The Morgan fingerprint density at radius 3 is 2.52 bits per heavy atom. The minimum Gasteiger partial charge on any atom is -0.493 e. The van der Waals surface area contributed by atoms with E-state index in [1.54, 1.807) is 21.9 Å². The normalized spacial score (nSPS) is 14.8. The van der Waals surface area contributed by atoms with Gasteiger partial charge in [0.2, 0.25) is 5.91 Å². The smallest absolute Gasteiger partial charge is 0.387 e. The summed E-state index contributed by atoms with van der Waals surface area (Å²) in [5, 5.41) is 2.85. The van der Waals surface area contributed by atoms with Gasteiger partial charge in [-0.1, -0.05) is 6.07 Å². The molecule has 0 saturated carbocycles. The molecule has 31 heavy (non-hydrogen) atoms. The molecule has 1 heterocycles. The topological polar surface area (TPSA) is 74.4 Å². The average Bonchev–Trinajstić information content (AvgIpc) is 2.99. The van der Waals surface area contributed by atoms with Crippen LogP contribution in [0.25, 0.3) is 0 Å². The van der Waals surface area contributed by atoms with Crippen LogP contribution in [0.3, 0.4) is 0 Å². The second kappa shape index (κ2) is 12.3. The van der Waals surface area contributed by atoms with Crippen LogP contribution in [0.2, 0.25) is 0 Å². The van der Waals surface area contributed by atoms with Crippen LogP contribution in [0.4, 0.5) is 13.6 Å². The van der Waals surface area contributed by atoms with Crippen LogP contribution in [0.1, 0.15) is 25.8 Å². The maximum Gasteiger partial charge on any atom is 0.387 e. The lowest BCUT2D eigenvalue weighted by Gasteiger charge is -2.25. The summed E-state index contributed by atoms with van der Waals surface area (Å²) in [6.45, 7) is 5.49. The number of nitrogens with zero attached hydrogens (tertiary/aromatic N) is 3. The molecular weight excluding hydrogens is 410 g/mol. The second-order valence-corrected chi connectivity index (χ2v) is 7.21. The molecule has 1 fully saturated rings. The van der Waals surface area contributed by atoms with Crippen LogP contribution >= 0.6 is 0 Å². The number of likely N-dealkylation sites (N-methyl/N-ethyl adjacent to an activating group) is 1. The Kier molecular flexibility index (Phi) is 9.77. The third-order valence-electron chi connectivity index (χ3n) is 5.24. The van der Waals surface area contributed by atoms with Gasteiger partial charge >= 0.3 is 12.6 Å². The number of rotatable bonds is 9. The molecule has 0 atom stereocenters. The second-order valence-electron chi connectivity index (χ2n) is 7.21. The molecule has 1 aromatic carbocycles. The van der Waals surface area contributed by atoms with E-state index in [0.29, 0.717) is 44.8 Å². The Morgan fingerprint density at radius 1 is 1.13 bits per heavy atom. The highest BCUT2D eigenvalue weighted by molar-refractivity contribution is 5.78. The molecule has 0 bridgehead atoms. The van der Waals surface area contributed by atoms with Crippen LogP contribution < -0.4 is 14.8 Å². The van der Waals surface area contributed by atoms with E-state index in [-0.39, 0.29) is 30.0 Å². The lowest BCUT2D eigenvalue weighted by atomic mass is 10.2. The quantitative estimate of drug-likeness (QED) is 0.636. The van der Waals surface area contributed by atoms with Crippen LogP contribution in [0.5, 0.6) is 11.5 Å². The summed E-state index contributed by atoms with van der Waals surface area (Å²) in [7, 11) is 1.37. The molecule has 0 aliphatic carbocycles. The highest BCUT2D eigenvalue weighted by Crippen LogP contribution is 2.29. The predicted molar refractivity (Wildman–Crippen MR) is 112 cm³/mol. The van der Waals surface area contributed by atoms with E-state index in [9.17, 15) is 18.4 Å². The molecule has 10 heteroatoms. The summed E-state index contributed by atoms with van der Waals surface area (Å²) < 4.78 is 34.4. The molecule has 2 rings (SSSR count). The van der Waals surface area contributed by atoms with Crippen molar-refractivity contribution >= 4 is 11.9 Å². The molecule has 1 N–H and O–H groups in total. The summed E-state index contributed by atoms with van der Waals surface area (Å²) in [6, 6.07) is 4.34. The number of methoxy groups -OCH3 is 1. The first-order valence-corrected chi connectivity index (χ1v) is 10.5. The number of hydrogen-bond donors (Lipinski definition) is 1. The highest BCUT2D eigenvalue weighted by Gasteiger charge is 2.22. The first-order chi connectivity index (χ1) is 14.9. The van der Waals surface area contributed by atoms with E-state index in [0.717, 1.165) is 13.0 Å². The average molecular weight is 443 g/mol. The minimum atomic E-state index is -2.94. The molecule has 0 unspecified atom stereocenters. The monoisotopic (exact) mass is 442 g/mol. The molecule has 1 saturated heterocycles. The van der Waals surface area contributed by atoms with Gasteiger partial charge in [0.15, 0.2) is 11.5 Å². The van der Waals surface area contributed by atoms with Gasteiger partial charge in [0.05, 0.1) is 13.7 Å². The molecule has 0 radical (unpaired) electrons. The van der Waals surface area contributed by atoms with Gasteiger partial charge < -0.3 is 24.6 Å². The number of alkyl halides is 2. The fraction of sp³-hybridized carbons (Fsp3) is 0.619. The Morgan fingerprint density at radius 2 is 1.87 bits per heavy atom. The fourth-order valence-corrected chi connectivity index (χ4v) is 3.50. The van der Waals surface area contributed by atoms with E-state index in [4.69, 9.17) is 4.74 Å². The van der Waals surface area contributed by atoms with Gasteiger partial charge in [-0.05, 0) is 38.0 Å². The van der Waals surface area contributed by atoms with Crippen molar-refractivity contribution in [1.29, 1.82) is 0 Å². The van der Waals surface area contributed by atoms with Crippen LogP contribution in [0, 0.1) is 0 Å². The van der Waals surface area contributed by atoms with Gasteiger partial charge in [0.1, 0.15) is 0 Å². The molecule has 1 aliphatic heterocycles. The van der Waals surface area contributed by atoms with Crippen molar-refractivity contribution in [1.82, 2.24) is 20.0 Å². The van der Waals surface area contributed by atoms with Gasteiger partial charge in [-0.15, -0.1) is 0 Å². The lowest BCUT2D eigenvalue weighted by Crippen LogP contribution is -2.43. The number of carbonyl (C=O) groups excluding carboxylic acids is 2. The standard InChI is InChI=1S/C21H32F2N4O4/c1-4-26(5-2)19(28)15-25-9-6-10-27(12-11-25)21(29)24-14-16-7-8-17(31-20(22)23)18(13-16)30-3/h7-8,13,20H,4-6,9-12,14-15H2,1-3H3,(H,24,29). The Bertz CT molecular complexity index is 731. The zero-order chi connectivity index (χ0) is 22.8. The number of carbonyl (C=O) groups is 2. The fourth-order valence-electron chi connectivity index (χ4n) is 3.50. The van der Waals surface area contributed by atoms with Crippen LogP contribution in [0.15, 0.2) is 18.2 Å². The van der Waals surface area contributed by atoms with Crippen LogP contribution in [-0.4, -0.2) is 86.2 Å². The Labute approximate surface area is 182 Å². The van der Waals surface area contributed by atoms with Crippen molar-refractivity contribution in [2.45, 2.75) is 33.4 Å². The largest absolute Gasteiger partial charge is 0.493 e. The molecule has 0 spiro atoms. The summed E-state index contributed by atoms with van der Waals surface area (Å²) in [5.41, 5.74) is 0.702. The number of halogens is 2. The zero-order valence-electron chi connectivity index (χ0n) is 18.4. The maximum absolute atomic E-state index is 12.6. The third kappa shape index (κ3) is 7.54. The maximum atomic E-state index is 12.6. The summed E-state index contributed by atoms with van der Waals surface area (Å²) in [6.07, 6.45) is 0.784. The number of hydrogen-bond acceptors (Lipinski definition) is 5. The third-order valence-corrected chi connectivity index (χ3v) is 5.24. The first kappa shape index (κ1) is 24.6. The number of amides is 3. The number of benzene rings is 1. The Balaban J connectivity index is 1.85. The molecule has 0 aromatic heterocycles. The highest BCUT2D eigenvalue weighted by atomic mass is 19.3. The summed E-state index contributed by atoms with van der Waals surface area (Å²) in [5.74, 6) is 0.228. The molecular formula is C21H32F2N4O4. The van der Waals surface area contributed by atoms with Crippen molar-refractivity contribution in [3.8, 4) is 11.5 Å². The number of ether oxygens (including phenoxy) is 2. The summed E-state index contributed by atoms with van der Waals surface area (Å²) >= 11 is 0. The van der Waals surface area contributed by atoms with Crippen molar-refractivity contribution in [3.63, 3.8) is 0 Å². The zero-order valence-corrected chi connectivity index (χ0v) is 18.4. The van der Waals surface area contributed by atoms with Crippen molar-refractivity contribution in [2.75, 3.05) is 52.9 Å². The first-order valence-electron chi connectivity index (χ1n) is 10.5. The number of nitrogens with one attached hydrogen (secondary N) is 1. The Hall–Kier alpha value is -2.62. The van der Waals surface area contributed by atoms with Gasteiger partial charge in [-0.25, -0.2) is 4.79 Å². The van der Waals surface area contributed by atoms with E-state index in [1.807, 2.05) is 13.8 Å². The molecule has 174 valence electrons. The molecule has 3 amide bonds. The molecule has 8 nitrogen and oxygen atoms in total. The van der Waals surface area contributed by atoms with Gasteiger partial charge in [-0.2, -0.15) is 8.78 Å². The van der Waals surface area contributed by atoms with Crippen molar-refractivity contribution in [3.05, 3.63) is 23.8 Å². The van der Waals surface area contributed by atoms with Crippen molar-refractivity contribution < 1.29 is 27.8 Å². The number of urea groups is 1. The summed E-state index contributed by atoms with van der Waals surface area (Å²) in [4.78, 5) is 30.5.